The molecule has 0 aliphatic carbocycles. The number of halogens is 1. The smallest absolute Gasteiger partial charge is 0.233 e. The summed E-state index contributed by atoms with van der Waals surface area (Å²) in [5.41, 5.74) is 10.2. The third kappa shape index (κ3) is 4.07. The highest BCUT2D eigenvalue weighted by Gasteiger charge is 2.09. The molecule has 0 unspecified atom stereocenters. The van der Waals surface area contributed by atoms with Crippen molar-refractivity contribution in [3.05, 3.63) is 57.6 Å². The zero-order valence-corrected chi connectivity index (χ0v) is 15.8. The molecule has 0 amide bonds. The van der Waals surface area contributed by atoms with Crippen LogP contribution in [0.15, 0.2) is 40.9 Å². The Morgan fingerprint density at radius 2 is 1.54 bits per heavy atom. The average molecular weight is 410 g/mol. The van der Waals surface area contributed by atoms with Crippen LogP contribution in [0.1, 0.15) is 16.7 Å². The number of benzene rings is 2. The van der Waals surface area contributed by atoms with Gasteiger partial charge in [-0.1, -0.05) is 15.9 Å². The summed E-state index contributed by atoms with van der Waals surface area (Å²) in [6, 6.07) is 13.1. The number of rotatable bonds is 4. The highest BCUT2D eigenvalue weighted by Crippen LogP contribution is 2.27. The van der Waals surface area contributed by atoms with E-state index in [9.17, 15) is 0 Å². The standard InChI is InChI=1S/C18H16BrN7/c1-10-7-13(19)8-11(2)15(10)23-18-25-16(21)24-17(26-18)22-14-5-3-12(9-20)4-6-14/h3-8H,1-2H3,(H4,21,22,23,24,25,26). The van der Waals surface area contributed by atoms with Crippen LogP contribution in [0.25, 0.3) is 0 Å². The molecule has 26 heavy (non-hydrogen) atoms. The van der Waals surface area contributed by atoms with Crippen LogP contribution in [0.2, 0.25) is 0 Å². The van der Waals surface area contributed by atoms with Crippen LogP contribution < -0.4 is 16.4 Å². The Bertz CT molecular complexity index is 970. The number of nitrogens with two attached hydrogens (primary N) is 1. The largest absolute Gasteiger partial charge is 0.368 e. The third-order valence-electron chi connectivity index (χ3n) is 3.66. The van der Waals surface area contributed by atoms with Crippen molar-refractivity contribution in [2.24, 2.45) is 0 Å². The molecule has 0 spiro atoms. The fourth-order valence-electron chi connectivity index (χ4n) is 2.48. The molecule has 130 valence electrons. The second-order valence-electron chi connectivity index (χ2n) is 5.69. The van der Waals surface area contributed by atoms with Gasteiger partial charge in [0.2, 0.25) is 17.8 Å². The van der Waals surface area contributed by atoms with E-state index in [-0.39, 0.29) is 5.95 Å². The molecule has 1 heterocycles. The molecule has 2 aromatic carbocycles. The predicted octanol–water partition coefficient (Wildman–Crippen LogP) is 4.19. The molecule has 0 radical (unpaired) electrons. The van der Waals surface area contributed by atoms with Crippen molar-refractivity contribution in [3.8, 4) is 6.07 Å². The quantitative estimate of drug-likeness (QED) is 0.591. The van der Waals surface area contributed by atoms with Gasteiger partial charge in [0.15, 0.2) is 0 Å². The topological polar surface area (TPSA) is 113 Å². The van der Waals surface area contributed by atoms with Crippen molar-refractivity contribution >= 4 is 45.1 Å². The Labute approximate surface area is 159 Å². The van der Waals surface area contributed by atoms with E-state index in [1.165, 1.54) is 0 Å². The van der Waals surface area contributed by atoms with Gasteiger partial charge in [-0.2, -0.15) is 20.2 Å². The number of aromatic nitrogens is 3. The average Bonchev–Trinajstić information content (AvgIpc) is 2.58. The Morgan fingerprint density at radius 3 is 2.12 bits per heavy atom. The SMILES string of the molecule is Cc1cc(Br)cc(C)c1Nc1nc(N)nc(Nc2ccc(C#N)cc2)n1. The van der Waals surface area contributed by atoms with Gasteiger partial charge in [-0.3, -0.25) is 0 Å². The molecule has 3 aromatic rings. The first kappa shape index (κ1) is 17.6. The fourth-order valence-corrected chi connectivity index (χ4v) is 3.17. The molecule has 1 aromatic heterocycles. The lowest BCUT2D eigenvalue weighted by Crippen LogP contribution is -2.08. The zero-order chi connectivity index (χ0) is 18.7. The molecular weight excluding hydrogens is 394 g/mol. The lowest BCUT2D eigenvalue weighted by molar-refractivity contribution is 1.07. The lowest BCUT2D eigenvalue weighted by atomic mass is 10.1. The molecule has 0 atom stereocenters. The monoisotopic (exact) mass is 409 g/mol. The maximum Gasteiger partial charge on any atom is 0.233 e. The number of nitrogens with one attached hydrogen (secondary N) is 2. The van der Waals surface area contributed by atoms with Gasteiger partial charge in [-0.05, 0) is 61.4 Å². The molecule has 0 fully saturated rings. The van der Waals surface area contributed by atoms with Crippen molar-refractivity contribution in [2.45, 2.75) is 13.8 Å². The number of nitrogen functional groups attached to an aromatic ring is 1. The Morgan fingerprint density at radius 1 is 0.962 bits per heavy atom. The molecule has 7 nitrogen and oxygen atoms in total. The molecule has 0 aliphatic rings. The van der Waals surface area contributed by atoms with Gasteiger partial charge in [0.25, 0.3) is 0 Å². The second-order valence-corrected chi connectivity index (χ2v) is 6.61. The van der Waals surface area contributed by atoms with Gasteiger partial charge in [0, 0.05) is 15.8 Å². The maximum absolute atomic E-state index is 8.86. The fraction of sp³-hybridized carbons (Fsp3) is 0.111. The Balaban J connectivity index is 1.87. The van der Waals surface area contributed by atoms with Crippen LogP contribution in [0.3, 0.4) is 0 Å². The normalized spacial score (nSPS) is 10.2. The molecule has 0 bridgehead atoms. The van der Waals surface area contributed by atoms with Crippen molar-refractivity contribution in [2.75, 3.05) is 16.4 Å². The number of hydrogen-bond donors (Lipinski definition) is 3. The van der Waals surface area contributed by atoms with E-state index in [1.54, 1.807) is 24.3 Å². The van der Waals surface area contributed by atoms with E-state index >= 15 is 0 Å². The highest BCUT2D eigenvalue weighted by molar-refractivity contribution is 9.10. The summed E-state index contributed by atoms with van der Waals surface area (Å²) in [4.78, 5) is 12.6. The first-order valence-corrected chi connectivity index (χ1v) is 8.56. The van der Waals surface area contributed by atoms with Crippen LogP contribution in [0.5, 0.6) is 0 Å². The molecule has 0 aliphatic heterocycles. The minimum Gasteiger partial charge on any atom is -0.368 e. The second kappa shape index (κ2) is 7.37. The van der Waals surface area contributed by atoms with E-state index in [1.807, 2.05) is 26.0 Å². The third-order valence-corrected chi connectivity index (χ3v) is 4.11. The molecular formula is C18H16BrN7. The number of aryl methyl sites for hydroxylation is 2. The van der Waals surface area contributed by atoms with Gasteiger partial charge >= 0.3 is 0 Å². The van der Waals surface area contributed by atoms with Gasteiger partial charge in [-0.15, -0.1) is 0 Å². The Kier molecular flexibility index (Phi) is 5.00. The van der Waals surface area contributed by atoms with E-state index in [0.29, 0.717) is 17.5 Å². The molecule has 8 heteroatoms. The maximum atomic E-state index is 8.86. The number of anilines is 5. The molecule has 4 N–H and O–H groups in total. The van der Waals surface area contributed by atoms with Crippen LogP contribution >= 0.6 is 15.9 Å². The minimum absolute atomic E-state index is 0.103. The number of nitriles is 1. The van der Waals surface area contributed by atoms with E-state index in [2.05, 4.69) is 47.6 Å². The highest BCUT2D eigenvalue weighted by atomic mass is 79.9. The van der Waals surface area contributed by atoms with Crippen LogP contribution in [-0.2, 0) is 0 Å². The Hall–Kier alpha value is -3.18. The van der Waals surface area contributed by atoms with Crippen molar-refractivity contribution in [1.29, 1.82) is 5.26 Å². The van der Waals surface area contributed by atoms with Crippen LogP contribution in [0.4, 0.5) is 29.2 Å². The van der Waals surface area contributed by atoms with Crippen molar-refractivity contribution < 1.29 is 0 Å². The van der Waals surface area contributed by atoms with Gasteiger partial charge in [0.1, 0.15) is 0 Å². The molecule has 0 saturated carbocycles. The van der Waals surface area contributed by atoms with Gasteiger partial charge < -0.3 is 16.4 Å². The van der Waals surface area contributed by atoms with Crippen LogP contribution in [-0.4, -0.2) is 15.0 Å². The summed E-state index contributed by atoms with van der Waals surface area (Å²) in [6.45, 7) is 4.00. The lowest BCUT2D eigenvalue weighted by Gasteiger charge is -2.13. The first-order chi connectivity index (χ1) is 12.4. The number of nitrogens with zero attached hydrogens (tertiary/aromatic N) is 4. The summed E-state index contributed by atoms with van der Waals surface area (Å²) in [6.07, 6.45) is 0. The van der Waals surface area contributed by atoms with E-state index < -0.39 is 0 Å². The van der Waals surface area contributed by atoms with Crippen LogP contribution in [0, 0.1) is 25.2 Å². The minimum atomic E-state index is 0.103. The van der Waals surface area contributed by atoms with Gasteiger partial charge in [-0.25, -0.2) is 0 Å². The molecule has 3 rings (SSSR count). The predicted molar refractivity (Wildman–Crippen MR) is 106 cm³/mol. The van der Waals surface area contributed by atoms with E-state index in [4.69, 9.17) is 11.0 Å². The van der Waals surface area contributed by atoms with Crippen molar-refractivity contribution in [3.63, 3.8) is 0 Å². The first-order valence-electron chi connectivity index (χ1n) is 7.77. The van der Waals surface area contributed by atoms with E-state index in [0.717, 1.165) is 27.0 Å². The molecule has 0 saturated heterocycles. The zero-order valence-electron chi connectivity index (χ0n) is 14.2. The summed E-state index contributed by atoms with van der Waals surface area (Å²) in [7, 11) is 0. The summed E-state index contributed by atoms with van der Waals surface area (Å²) >= 11 is 3.48. The summed E-state index contributed by atoms with van der Waals surface area (Å²) in [5.74, 6) is 0.769. The number of hydrogen-bond acceptors (Lipinski definition) is 7. The van der Waals surface area contributed by atoms with Crippen molar-refractivity contribution in [1.82, 2.24) is 15.0 Å². The summed E-state index contributed by atoms with van der Waals surface area (Å²) < 4.78 is 1.01. The van der Waals surface area contributed by atoms with Gasteiger partial charge in [0.05, 0.1) is 11.6 Å². The summed E-state index contributed by atoms with van der Waals surface area (Å²) in [5, 5.41) is 15.1.